The van der Waals surface area contributed by atoms with E-state index in [4.69, 9.17) is 0 Å². The van der Waals surface area contributed by atoms with Crippen LogP contribution in [-0.4, -0.2) is 21.8 Å². The fraction of sp³-hybridized carbons (Fsp3) is 0.200. The van der Waals surface area contributed by atoms with Gasteiger partial charge in [-0.3, -0.25) is 0 Å². The molecular formula is C10H11N4. The molecule has 2 aromatic heterocycles. The van der Waals surface area contributed by atoms with Gasteiger partial charge in [0.05, 0.1) is 6.20 Å². The van der Waals surface area contributed by atoms with Crippen LogP contribution in [0.25, 0.3) is 5.82 Å². The van der Waals surface area contributed by atoms with Crippen molar-refractivity contribution in [1.82, 2.24) is 20.1 Å². The molecule has 2 aromatic rings. The number of nitrogens with one attached hydrogen (secondary N) is 1. The fourth-order valence-corrected chi connectivity index (χ4v) is 1.26. The summed E-state index contributed by atoms with van der Waals surface area (Å²) in [5, 5.41) is 7.16. The molecule has 2 rings (SSSR count). The number of aromatic nitrogens is 3. The predicted octanol–water partition coefficient (Wildman–Crippen LogP) is 0.787. The Hall–Kier alpha value is -1.68. The van der Waals surface area contributed by atoms with E-state index in [9.17, 15) is 0 Å². The van der Waals surface area contributed by atoms with Crippen molar-refractivity contribution in [1.29, 1.82) is 0 Å². The van der Waals surface area contributed by atoms with E-state index < -0.39 is 0 Å². The lowest BCUT2D eigenvalue weighted by atomic mass is 10.2. The van der Waals surface area contributed by atoms with Crippen LogP contribution in [0.2, 0.25) is 0 Å². The minimum Gasteiger partial charge on any atom is -0.316 e. The van der Waals surface area contributed by atoms with E-state index in [-0.39, 0.29) is 0 Å². The zero-order valence-electron chi connectivity index (χ0n) is 7.94. The Labute approximate surface area is 82.6 Å². The standard InChI is InChI=1S/C10H11N4/c1-11-8-9-3-5-12-10(7-9)14-6-2-4-13-14/h3-7,11H,8H2,1H3. The monoisotopic (exact) mass is 187 g/mol. The van der Waals surface area contributed by atoms with Crippen LogP contribution in [0, 0.1) is 6.07 Å². The second kappa shape index (κ2) is 4.02. The summed E-state index contributed by atoms with van der Waals surface area (Å²) in [7, 11) is 1.92. The molecule has 0 saturated heterocycles. The highest BCUT2D eigenvalue weighted by atomic mass is 15.3. The Morgan fingerprint density at radius 1 is 1.57 bits per heavy atom. The van der Waals surface area contributed by atoms with Crippen LogP contribution < -0.4 is 5.32 Å². The van der Waals surface area contributed by atoms with Crippen LogP contribution >= 0.6 is 0 Å². The van der Waals surface area contributed by atoms with E-state index in [1.165, 1.54) is 5.56 Å². The van der Waals surface area contributed by atoms with Gasteiger partial charge in [-0.1, -0.05) is 0 Å². The molecule has 1 radical (unpaired) electrons. The maximum absolute atomic E-state index is 4.22. The molecule has 0 fully saturated rings. The van der Waals surface area contributed by atoms with E-state index in [0.29, 0.717) is 0 Å². The molecule has 71 valence electrons. The molecule has 0 aliphatic rings. The van der Waals surface area contributed by atoms with Gasteiger partial charge in [-0.05, 0) is 24.7 Å². The van der Waals surface area contributed by atoms with E-state index >= 15 is 0 Å². The minimum absolute atomic E-state index is 0.819. The summed E-state index contributed by atoms with van der Waals surface area (Å²) in [6, 6.07) is 6.85. The van der Waals surface area contributed by atoms with Gasteiger partial charge in [0.15, 0.2) is 5.82 Å². The third kappa shape index (κ3) is 1.80. The van der Waals surface area contributed by atoms with Crippen molar-refractivity contribution in [2.45, 2.75) is 6.54 Å². The van der Waals surface area contributed by atoms with Crippen molar-refractivity contribution in [3.8, 4) is 5.82 Å². The van der Waals surface area contributed by atoms with Crippen LogP contribution in [0.5, 0.6) is 0 Å². The molecule has 0 atom stereocenters. The first-order chi connectivity index (χ1) is 6.90. The fourth-order valence-electron chi connectivity index (χ4n) is 1.26. The molecule has 14 heavy (non-hydrogen) atoms. The summed E-state index contributed by atoms with van der Waals surface area (Å²) in [4.78, 5) is 4.22. The Morgan fingerprint density at radius 3 is 3.21 bits per heavy atom. The molecule has 0 amide bonds. The highest BCUT2D eigenvalue weighted by molar-refractivity contribution is 5.26. The maximum Gasteiger partial charge on any atom is 0.153 e. The molecule has 2 heterocycles. The summed E-state index contributed by atoms with van der Waals surface area (Å²) < 4.78 is 1.69. The predicted molar refractivity (Wildman–Crippen MR) is 53.0 cm³/mol. The summed E-state index contributed by atoms with van der Waals surface area (Å²) in [6.45, 7) is 0.834. The Kier molecular flexibility index (Phi) is 2.55. The van der Waals surface area contributed by atoms with Crippen LogP contribution in [0.3, 0.4) is 0 Å². The van der Waals surface area contributed by atoms with Gasteiger partial charge in [0.25, 0.3) is 0 Å². The van der Waals surface area contributed by atoms with E-state index in [0.717, 1.165) is 12.4 Å². The first-order valence-corrected chi connectivity index (χ1v) is 4.41. The van der Waals surface area contributed by atoms with Crippen LogP contribution in [0.1, 0.15) is 5.56 Å². The summed E-state index contributed by atoms with van der Waals surface area (Å²) in [5.41, 5.74) is 1.19. The normalized spacial score (nSPS) is 10.4. The lowest BCUT2D eigenvalue weighted by Gasteiger charge is -2.03. The van der Waals surface area contributed by atoms with Crippen molar-refractivity contribution < 1.29 is 0 Å². The zero-order valence-corrected chi connectivity index (χ0v) is 7.94. The van der Waals surface area contributed by atoms with Gasteiger partial charge in [0.1, 0.15) is 0 Å². The van der Waals surface area contributed by atoms with Gasteiger partial charge >= 0.3 is 0 Å². The topological polar surface area (TPSA) is 42.7 Å². The third-order valence-corrected chi connectivity index (χ3v) is 1.88. The molecule has 4 nitrogen and oxygen atoms in total. The Bertz CT molecular complexity index is 394. The lowest BCUT2D eigenvalue weighted by molar-refractivity contribution is 0.801. The summed E-state index contributed by atoms with van der Waals surface area (Å²) in [5.74, 6) is 0.819. The van der Waals surface area contributed by atoms with Crippen LogP contribution in [0.4, 0.5) is 0 Å². The number of pyridine rings is 1. The number of rotatable bonds is 3. The number of nitrogens with zero attached hydrogens (tertiary/aromatic N) is 3. The largest absolute Gasteiger partial charge is 0.316 e. The number of hydrogen-bond donors (Lipinski definition) is 1. The summed E-state index contributed by atoms with van der Waals surface area (Å²) >= 11 is 0. The van der Waals surface area contributed by atoms with Gasteiger partial charge in [0.2, 0.25) is 0 Å². The minimum atomic E-state index is 0.819. The van der Waals surface area contributed by atoms with Crippen molar-refractivity contribution >= 4 is 0 Å². The van der Waals surface area contributed by atoms with Crippen molar-refractivity contribution in [2.75, 3.05) is 7.05 Å². The van der Waals surface area contributed by atoms with Gasteiger partial charge < -0.3 is 5.32 Å². The Morgan fingerprint density at radius 2 is 2.50 bits per heavy atom. The molecule has 0 aromatic carbocycles. The molecule has 0 spiro atoms. The third-order valence-electron chi connectivity index (χ3n) is 1.88. The zero-order chi connectivity index (χ0) is 9.80. The molecular weight excluding hydrogens is 176 g/mol. The van der Waals surface area contributed by atoms with Crippen LogP contribution in [0.15, 0.2) is 30.7 Å². The van der Waals surface area contributed by atoms with Gasteiger partial charge in [-0.2, -0.15) is 5.10 Å². The quantitative estimate of drug-likeness (QED) is 0.772. The SMILES string of the molecule is CNCc1ccnc(-n2c[c]cn2)c1. The highest BCUT2D eigenvalue weighted by Crippen LogP contribution is 2.05. The van der Waals surface area contributed by atoms with Gasteiger partial charge in [-0.25, -0.2) is 9.67 Å². The van der Waals surface area contributed by atoms with Crippen molar-refractivity contribution in [3.63, 3.8) is 0 Å². The first kappa shape index (κ1) is 8.90. The van der Waals surface area contributed by atoms with E-state index in [2.05, 4.69) is 21.5 Å². The average molecular weight is 187 g/mol. The van der Waals surface area contributed by atoms with Gasteiger partial charge in [0, 0.05) is 25.0 Å². The number of hydrogen-bond acceptors (Lipinski definition) is 3. The second-order valence-electron chi connectivity index (χ2n) is 2.94. The van der Waals surface area contributed by atoms with Crippen LogP contribution in [-0.2, 0) is 6.54 Å². The Balaban J connectivity index is 2.31. The molecule has 0 aliphatic carbocycles. The first-order valence-electron chi connectivity index (χ1n) is 4.41. The highest BCUT2D eigenvalue weighted by Gasteiger charge is 1.98. The summed E-state index contributed by atoms with van der Waals surface area (Å²) in [6.07, 6.45) is 5.15. The second-order valence-corrected chi connectivity index (χ2v) is 2.94. The lowest BCUT2D eigenvalue weighted by Crippen LogP contribution is -2.06. The van der Waals surface area contributed by atoms with Gasteiger partial charge in [-0.15, -0.1) is 0 Å². The molecule has 4 heteroatoms. The van der Waals surface area contributed by atoms with E-state index in [1.807, 2.05) is 19.2 Å². The average Bonchev–Trinajstić information content (AvgIpc) is 2.71. The van der Waals surface area contributed by atoms with E-state index in [1.54, 1.807) is 23.3 Å². The molecule has 0 bridgehead atoms. The van der Waals surface area contributed by atoms with Crippen molar-refractivity contribution in [3.05, 3.63) is 42.4 Å². The molecule has 0 unspecified atom stereocenters. The van der Waals surface area contributed by atoms with Crippen molar-refractivity contribution in [2.24, 2.45) is 0 Å². The maximum atomic E-state index is 4.22. The molecule has 0 aliphatic heterocycles. The molecule has 0 saturated carbocycles. The smallest absolute Gasteiger partial charge is 0.153 e. The molecule has 1 N–H and O–H groups in total.